The van der Waals surface area contributed by atoms with Crippen LogP contribution in [0.3, 0.4) is 0 Å². The van der Waals surface area contributed by atoms with Crippen LogP contribution in [0.25, 0.3) is 10.6 Å². The summed E-state index contributed by atoms with van der Waals surface area (Å²) in [5.41, 5.74) is 3.46. The molecule has 2 N–H and O–H groups in total. The van der Waals surface area contributed by atoms with Crippen LogP contribution < -0.4 is 15.4 Å². The Morgan fingerprint density at radius 3 is 2.94 bits per heavy atom. The van der Waals surface area contributed by atoms with Gasteiger partial charge in [-0.25, -0.2) is 19.9 Å². The topological polar surface area (TPSA) is 107 Å². The van der Waals surface area contributed by atoms with Crippen LogP contribution in [0.4, 0.5) is 11.1 Å². The third-order valence-corrected chi connectivity index (χ3v) is 7.50. The van der Waals surface area contributed by atoms with E-state index in [2.05, 4.69) is 35.6 Å². The first-order valence-electron chi connectivity index (χ1n) is 11.1. The molecule has 1 aliphatic carbocycles. The number of aromatic nitrogens is 5. The Labute approximate surface area is 190 Å². The summed E-state index contributed by atoms with van der Waals surface area (Å²) < 4.78 is 11.6. The average molecular weight is 452 g/mol. The molecular weight excluding hydrogens is 426 g/mol. The van der Waals surface area contributed by atoms with Gasteiger partial charge in [0.25, 0.3) is 0 Å². The first kappa shape index (κ1) is 20.0. The zero-order valence-electron chi connectivity index (χ0n) is 17.7. The number of nitrogens with one attached hydrogen (secondary N) is 2. The number of rotatable bonds is 5. The highest BCUT2D eigenvalue weighted by molar-refractivity contribution is 7.18. The van der Waals surface area contributed by atoms with Crippen LogP contribution >= 0.6 is 11.3 Å². The molecule has 166 valence electrons. The molecule has 1 spiro atoms. The van der Waals surface area contributed by atoms with Crippen LogP contribution in [0.15, 0.2) is 24.7 Å². The van der Waals surface area contributed by atoms with E-state index in [0.717, 1.165) is 85.4 Å². The molecule has 3 aromatic rings. The molecule has 0 amide bonds. The van der Waals surface area contributed by atoms with E-state index in [1.54, 1.807) is 6.20 Å². The first-order valence-corrected chi connectivity index (χ1v) is 11.9. The summed E-state index contributed by atoms with van der Waals surface area (Å²) in [4.78, 5) is 23.4. The fourth-order valence-corrected chi connectivity index (χ4v) is 5.51. The number of thiazole rings is 1. The molecule has 32 heavy (non-hydrogen) atoms. The molecule has 6 rings (SSSR count). The van der Waals surface area contributed by atoms with E-state index < -0.39 is 0 Å². The molecule has 2 fully saturated rings. The van der Waals surface area contributed by atoms with E-state index in [1.807, 2.05) is 18.5 Å². The molecule has 0 atom stereocenters. The molecule has 10 heteroatoms. The Kier molecular flexibility index (Phi) is 5.20. The molecule has 0 bridgehead atoms. The van der Waals surface area contributed by atoms with E-state index in [0.29, 0.717) is 17.4 Å². The van der Waals surface area contributed by atoms with Gasteiger partial charge in [-0.1, -0.05) is 11.3 Å². The van der Waals surface area contributed by atoms with Gasteiger partial charge in [0.05, 0.1) is 16.3 Å². The summed E-state index contributed by atoms with van der Waals surface area (Å²) in [6, 6.07) is 2.32. The van der Waals surface area contributed by atoms with Crippen molar-refractivity contribution >= 4 is 22.4 Å². The minimum absolute atomic E-state index is 0.193. The highest BCUT2D eigenvalue weighted by Gasteiger charge is 2.46. The zero-order valence-corrected chi connectivity index (χ0v) is 18.5. The van der Waals surface area contributed by atoms with Gasteiger partial charge in [0.1, 0.15) is 6.10 Å². The molecular formula is C22H25N7O2S. The summed E-state index contributed by atoms with van der Waals surface area (Å²) >= 11 is 1.51. The van der Waals surface area contributed by atoms with Crippen LogP contribution in [-0.2, 0) is 17.7 Å². The maximum Gasteiger partial charge on any atom is 0.317 e. The van der Waals surface area contributed by atoms with Crippen molar-refractivity contribution in [2.45, 2.75) is 44.8 Å². The Morgan fingerprint density at radius 2 is 2.03 bits per heavy atom. The third-order valence-electron chi connectivity index (χ3n) is 6.57. The van der Waals surface area contributed by atoms with Gasteiger partial charge in [0.15, 0.2) is 5.13 Å². The second kappa shape index (κ2) is 8.34. The predicted molar refractivity (Wildman–Crippen MR) is 120 cm³/mol. The Bertz CT molecular complexity index is 1110. The lowest BCUT2D eigenvalue weighted by Gasteiger charge is -2.49. The summed E-state index contributed by atoms with van der Waals surface area (Å²) in [5, 5.41) is 7.29. The normalized spacial score (nSPS) is 19.9. The van der Waals surface area contributed by atoms with Crippen LogP contribution in [0.5, 0.6) is 6.01 Å². The van der Waals surface area contributed by atoms with Crippen molar-refractivity contribution in [1.29, 1.82) is 0 Å². The predicted octanol–water partition coefficient (Wildman–Crippen LogP) is 3.12. The van der Waals surface area contributed by atoms with E-state index >= 15 is 0 Å². The summed E-state index contributed by atoms with van der Waals surface area (Å²) in [6.45, 7) is 3.51. The highest BCUT2D eigenvalue weighted by atomic mass is 32.1. The van der Waals surface area contributed by atoms with Crippen molar-refractivity contribution in [3.8, 4) is 16.6 Å². The Balaban J connectivity index is 1.11. The molecule has 3 aromatic heterocycles. The smallest absolute Gasteiger partial charge is 0.317 e. The SMILES string of the molecule is c1cc(-c2cnc(Nc3ncc4c(n3)CCNC4)s2)nc(OC2CC3(CCOCC3)C2)n1. The van der Waals surface area contributed by atoms with Gasteiger partial charge in [-0.2, -0.15) is 4.98 Å². The van der Waals surface area contributed by atoms with Crippen molar-refractivity contribution in [3.05, 3.63) is 35.9 Å². The number of hydrogen-bond donors (Lipinski definition) is 2. The van der Waals surface area contributed by atoms with Crippen LogP contribution in [0, 0.1) is 5.41 Å². The van der Waals surface area contributed by atoms with Crippen molar-refractivity contribution in [3.63, 3.8) is 0 Å². The second-order valence-corrected chi connectivity index (χ2v) is 9.76. The second-order valence-electron chi connectivity index (χ2n) is 8.73. The fourth-order valence-electron chi connectivity index (χ4n) is 4.73. The van der Waals surface area contributed by atoms with E-state index in [1.165, 1.54) is 11.3 Å². The van der Waals surface area contributed by atoms with Gasteiger partial charge >= 0.3 is 6.01 Å². The van der Waals surface area contributed by atoms with E-state index in [9.17, 15) is 0 Å². The van der Waals surface area contributed by atoms with Crippen LogP contribution in [0.1, 0.15) is 36.9 Å². The minimum atomic E-state index is 0.193. The van der Waals surface area contributed by atoms with E-state index in [-0.39, 0.29) is 6.10 Å². The lowest BCUT2D eigenvalue weighted by molar-refractivity contribution is -0.0880. The minimum Gasteiger partial charge on any atom is -0.460 e. The molecule has 2 aliphatic heterocycles. The maximum atomic E-state index is 6.08. The van der Waals surface area contributed by atoms with Crippen LogP contribution in [0.2, 0.25) is 0 Å². The van der Waals surface area contributed by atoms with Crippen molar-refractivity contribution < 1.29 is 9.47 Å². The molecule has 1 saturated heterocycles. The molecule has 1 saturated carbocycles. The molecule has 5 heterocycles. The Hall–Kier alpha value is -2.69. The number of nitrogens with zero attached hydrogens (tertiary/aromatic N) is 5. The zero-order chi connectivity index (χ0) is 21.4. The third kappa shape index (κ3) is 4.05. The molecule has 9 nitrogen and oxygen atoms in total. The van der Waals surface area contributed by atoms with Gasteiger partial charge in [-0.05, 0) is 37.2 Å². The average Bonchev–Trinajstić information content (AvgIpc) is 3.27. The lowest BCUT2D eigenvalue weighted by atomic mass is 9.62. The Morgan fingerprint density at radius 1 is 1.12 bits per heavy atom. The molecule has 0 unspecified atom stereocenters. The number of anilines is 2. The summed E-state index contributed by atoms with van der Waals surface area (Å²) in [6.07, 6.45) is 10.9. The van der Waals surface area contributed by atoms with Gasteiger partial charge in [-0.15, -0.1) is 0 Å². The van der Waals surface area contributed by atoms with Gasteiger partial charge in [0.2, 0.25) is 5.95 Å². The van der Waals surface area contributed by atoms with Gasteiger partial charge in [0, 0.05) is 56.9 Å². The van der Waals surface area contributed by atoms with Crippen LogP contribution in [-0.4, -0.2) is 50.8 Å². The van der Waals surface area contributed by atoms with Crippen molar-refractivity contribution in [2.24, 2.45) is 5.41 Å². The van der Waals surface area contributed by atoms with Crippen molar-refractivity contribution in [2.75, 3.05) is 25.1 Å². The van der Waals surface area contributed by atoms with Crippen molar-refractivity contribution in [1.82, 2.24) is 30.2 Å². The number of ether oxygens (including phenoxy) is 2. The number of fused-ring (bicyclic) bond motifs is 1. The fraction of sp³-hybridized carbons (Fsp3) is 0.500. The molecule has 0 aromatic carbocycles. The summed E-state index contributed by atoms with van der Waals surface area (Å²) in [5.74, 6) is 0.574. The number of hydrogen-bond acceptors (Lipinski definition) is 10. The lowest BCUT2D eigenvalue weighted by Crippen LogP contribution is -2.47. The standard InChI is InChI=1S/C22H25N7O2S/c1-5-23-11-14-12-25-19(27-16(1)14)29-21-26-13-18(32-21)17-2-6-24-20(28-17)31-15-9-22(10-15)3-7-30-8-4-22/h2,6,12-13,15,23H,1,3-5,7-11H2,(H,25,26,27,29). The molecule has 0 radical (unpaired) electrons. The highest BCUT2D eigenvalue weighted by Crippen LogP contribution is 2.49. The monoisotopic (exact) mass is 451 g/mol. The first-order chi connectivity index (χ1) is 15.7. The maximum absolute atomic E-state index is 6.08. The largest absolute Gasteiger partial charge is 0.460 e. The van der Waals surface area contributed by atoms with Gasteiger partial charge in [-0.3, -0.25) is 0 Å². The van der Waals surface area contributed by atoms with E-state index in [4.69, 9.17) is 9.47 Å². The summed E-state index contributed by atoms with van der Waals surface area (Å²) in [7, 11) is 0. The van der Waals surface area contributed by atoms with Gasteiger partial charge < -0.3 is 20.1 Å². The molecule has 3 aliphatic rings. The quantitative estimate of drug-likeness (QED) is 0.605.